The van der Waals surface area contributed by atoms with Gasteiger partial charge in [0.1, 0.15) is 0 Å². The van der Waals surface area contributed by atoms with E-state index < -0.39 is 10.2 Å². The largest absolute Gasteiger partial charge is 0.314 e. The number of likely N-dealkylation sites (N-methyl/N-ethyl adjacent to an activating group) is 1. The van der Waals surface area contributed by atoms with Gasteiger partial charge in [0.05, 0.1) is 0 Å². The molecule has 0 radical (unpaired) electrons. The summed E-state index contributed by atoms with van der Waals surface area (Å²) in [4.78, 5) is 1.99. The topological polar surface area (TPSA) is 64.7 Å². The SMILES string of the molecule is CC(CNS(=O)(=O)N(C)CCCNC1CC1)N(C)C. The van der Waals surface area contributed by atoms with E-state index >= 15 is 0 Å². The van der Waals surface area contributed by atoms with Gasteiger partial charge in [0.15, 0.2) is 0 Å². The van der Waals surface area contributed by atoms with Crippen LogP contribution in [0, 0.1) is 0 Å². The Morgan fingerprint density at radius 1 is 1.26 bits per heavy atom. The minimum absolute atomic E-state index is 0.180. The van der Waals surface area contributed by atoms with Crippen LogP contribution in [0.4, 0.5) is 0 Å². The van der Waals surface area contributed by atoms with Gasteiger partial charge in [-0.15, -0.1) is 0 Å². The van der Waals surface area contributed by atoms with Crippen LogP contribution in [0.3, 0.4) is 0 Å². The molecule has 114 valence electrons. The van der Waals surface area contributed by atoms with Crippen molar-refractivity contribution in [2.45, 2.75) is 38.3 Å². The van der Waals surface area contributed by atoms with Crippen LogP contribution < -0.4 is 10.0 Å². The van der Waals surface area contributed by atoms with Crippen molar-refractivity contribution >= 4 is 10.2 Å². The second-order valence-corrected chi connectivity index (χ2v) is 7.43. The molecule has 0 heterocycles. The maximum absolute atomic E-state index is 12.0. The number of hydrogen-bond acceptors (Lipinski definition) is 4. The number of rotatable bonds is 10. The van der Waals surface area contributed by atoms with Crippen molar-refractivity contribution in [3.05, 3.63) is 0 Å². The molecule has 0 aliphatic heterocycles. The van der Waals surface area contributed by atoms with Crippen molar-refractivity contribution in [3.63, 3.8) is 0 Å². The molecule has 1 unspecified atom stereocenters. The van der Waals surface area contributed by atoms with Crippen LogP contribution in [0.2, 0.25) is 0 Å². The summed E-state index contributed by atoms with van der Waals surface area (Å²) in [7, 11) is 2.15. The molecular formula is C12H28N4O2S. The minimum Gasteiger partial charge on any atom is -0.314 e. The molecule has 1 aliphatic rings. The van der Waals surface area contributed by atoms with Crippen molar-refractivity contribution in [2.75, 3.05) is 40.8 Å². The highest BCUT2D eigenvalue weighted by Crippen LogP contribution is 2.18. The Morgan fingerprint density at radius 3 is 2.42 bits per heavy atom. The fourth-order valence-electron chi connectivity index (χ4n) is 1.53. The molecule has 1 fully saturated rings. The van der Waals surface area contributed by atoms with E-state index in [1.807, 2.05) is 25.9 Å². The molecule has 0 spiro atoms. The average Bonchev–Trinajstić information content (AvgIpc) is 3.15. The van der Waals surface area contributed by atoms with Crippen LogP contribution in [0.15, 0.2) is 0 Å². The van der Waals surface area contributed by atoms with Gasteiger partial charge in [-0.2, -0.15) is 12.7 Å². The fraction of sp³-hybridized carbons (Fsp3) is 1.00. The van der Waals surface area contributed by atoms with Crippen LogP contribution in [0.25, 0.3) is 0 Å². The zero-order valence-corrected chi connectivity index (χ0v) is 13.3. The van der Waals surface area contributed by atoms with Crippen molar-refractivity contribution in [3.8, 4) is 0 Å². The molecule has 0 bridgehead atoms. The van der Waals surface area contributed by atoms with Gasteiger partial charge >= 0.3 is 0 Å². The first-order chi connectivity index (χ1) is 8.83. The third-order valence-corrected chi connectivity index (χ3v) is 5.05. The predicted molar refractivity (Wildman–Crippen MR) is 78.3 cm³/mol. The van der Waals surface area contributed by atoms with Gasteiger partial charge in [0, 0.05) is 32.2 Å². The fourth-order valence-corrected chi connectivity index (χ4v) is 2.58. The number of nitrogens with one attached hydrogen (secondary N) is 2. The zero-order valence-electron chi connectivity index (χ0n) is 12.5. The van der Waals surface area contributed by atoms with E-state index in [4.69, 9.17) is 0 Å². The Morgan fingerprint density at radius 2 is 1.89 bits per heavy atom. The average molecular weight is 292 g/mol. The van der Waals surface area contributed by atoms with Crippen molar-refractivity contribution < 1.29 is 8.42 Å². The van der Waals surface area contributed by atoms with Gasteiger partial charge in [-0.25, -0.2) is 4.72 Å². The molecule has 19 heavy (non-hydrogen) atoms. The Labute approximate surface area is 117 Å². The highest BCUT2D eigenvalue weighted by Gasteiger charge is 2.21. The van der Waals surface area contributed by atoms with Gasteiger partial charge in [-0.3, -0.25) is 0 Å². The summed E-state index contributed by atoms with van der Waals surface area (Å²) in [5, 5.41) is 3.38. The summed E-state index contributed by atoms with van der Waals surface area (Å²) in [6.45, 7) is 3.85. The van der Waals surface area contributed by atoms with Crippen LogP contribution in [0.1, 0.15) is 26.2 Å². The van der Waals surface area contributed by atoms with Crippen LogP contribution in [-0.2, 0) is 10.2 Å². The Kier molecular flexibility index (Phi) is 6.68. The van der Waals surface area contributed by atoms with Crippen molar-refractivity contribution in [2.24, 2.45) is 0 Å². The lowest BCUT2D eigenvalue weighted by Crippen LogP contribution is -2.44. The second kappa shape index (κ2) is 7.54. The third-order valence-electron chi connectivity index (χ3n) is 3.51. The predicted octanol–water partition coefficient (Wildman–Crippen LogP) is -0.155. The Bertz CT molecular complexity index is 355. The summed E-state index contributed by atoms with van der Waals surface area (Å²) in [6.07, 6.45) is 3.37. The summed E-state index contributed by atoms with van der Waals surface area (Å²) in [5.41, 5.74) is 0. The minimum atomic E-state index is -3.35. The molecule has 0 saturated heterocycles. The lowest BCUT2D eigenvalue weighted by Gasteiger charge is -2.23. The molecule has 1 aliphatic carbocycles. The highest BCUT2D eigenvalue weighted by atomic mass is 32.2. The highest BCUT2D eigenvalue weighted by molar-refractivity contribution is 7.87. The molecule has 7 heteroatoms. The smallest absolute Gasteiger partial charge is 0.279 e. The third kappa shape index (κ3) is 6.67. The molecule has 6 nitrogen and oxygen atoms in total. The first-order valence-corrected chi connectivity index (χ1v) is 8.37. The van der Waals surface area contributed by atoms with E-state index in [1.165, 1.54) is 17.1 Å². The quantitative estimate of drug-likeness (QED) is 0.550. The van der Waals surface area contributed by atoms with E-state index in [0.717, 1.165) is 13.0 Å². The van der Waals surface area contributed by atoms with Crippen LogP contribution in [-0.4, -0.2) is 70.5 Å². The molecule has 0 aromatic heterocycles. The monoisotopic (exact) mass is 292 g/mol. The Hall–Kier alpha value is -0.210. The summed E-state index contributed by atoms with van der Waals surface area (Å²) in [6, 6.07) is 0.862. The maximum Gasteiger partial charge on any atom is 0.279 e. The van der Waals surface area contributed by atoms with E-state index in [1.54, 1.807) is 7.05 Å². The number of hydrogen-bond donors (Lipinski definition) is 2. The van der Waals surface area contributed by atoms with Gasteiger partial charge < -0.3 is 10.2 Å². The summed E-state index contributed by atoms with van der Waals surface area (Å²) in [5.74, 6) is 0. The molecule has 1 atom stereocenters. The van der Waals surface area contributed by atoms with Crippen LogP contribution >= 0.6 is 0 Å². The summed E-state index contributed by atoms with van der Waals surface area (Å²) < 4.78 is 28.0. The van der Waals surface area contributed by atoms with E-state index in [2.05, 4.69) is 10.0 Å². The van der Waals surface area contributed by atoms with E-state index in [-0.39, 0.29) is 6.04 Å². The molecule has 0 aromatic carbocycles. The molecule has 1 rings (SSSR count). The lowest BCUT2D eigenvalue weighted by molar-refractivity contribution is 0.311. The molecule has 0 aromatic rings. The van der Waals surface area contributed by atoms with Crippen molar-refractivity contribution in [1.82, 2.24) is 19.2 Å². The standard InChI is InChI=1S/C12H28N4O2S/c1-11(15(2)3)10-14-19(17,18)16(4)9-5-8-13-12-6-7-12/h11-14H,5-10H2,1-4H3. The van der Waals surface area contributed by atoms with E-state index in [9.17, 15) is 8.42 Å². The maximum atomic E-state index is 12.0. The van der Waals surface area contributed by atoms with Gasteiger partial charge in [0.25, 0.3) is 10.2 Å². The van der Waals surface area contributed by atoms with Crippen LogP contribution in [0.5, 0.6) is 0 Å². The Balaban J connectivity index is 2.21. The molecule has 2 N–H and O–H groups in total. The van der Waals surface area contributed by atoms with Crippen molar-refractivity contribution in [1.29, 1.82) is 0 Å². The lowest BCUT2D eigenvalue weighted by atomic mass is 10.3. The second-order valence-electron chi connectivity index (χ2n) is 5.57. The first kappa shape index (κ1) is 16.8. The normalized spacial score (nSPS) is 18.2. The molecule has 0 amide bonds. The van der Waals surface area contributed by atoms with Gasteiger partial charge in [0.2, 0.25) is 0 Å². The molecular weight excluding hydrogens is 264 g/mol. The zero-order chi connectivity index (χ0) is 14.5. The van der Waals surface area contributed by atoms with Gasteiger partial charge in [-0.1, -0.05) is 0 Å². The first-order valence-electron chi connectivity index (χ1n) is 6.93. The summed E-state index contributed by atoms with van der Waals surface area (Å²) >= 11 is 0. The van der Waals surface area contributed by atoms with E-state index in [0.29, 0.717) is 19.1 Å². The van der Waals surface area contributed by atoms with Gasteiger partial charge in [-0.05, 0) is 46.8 Å². The molecule has 1 saturated carbocycles. The number of nitrogens with zero attached hydrogens (tertiary/aromatic N) is 2.